The van der Waals surface area contributed by atoms with E-state index in [2.05, 4.69) is 18.7 Å². The third kappa shape index (κ3) is 2.97. The molecule has 0 saturated carbocycles. The van der Waals surface area contributed by atoms with E-state index < -0.39 is 10.0 Å². The molecule has 1 saturated heterocycles. The predicted octanol–water partition coefficient (Wildman–Crippen LogP) is 2.20. The van der Waals surface area contributed by atoms with Crippen LogP contribution >= 0.6 is 22.9 Å². The molecular formula is C12H19ClN2O2S2. The van der Waals surface area contributed by atoms with Crippen LogP contribution in [0.4, 0.5) is 0 Å². The van der Waals surface area contributed by atoms with Crippen molar-refractivity contribution in [2.24, 2.45) is 0 Å². The number of nitrogens with zero attached hydrogens (tertiary/aromatic N) is 2. The average Bonchev–Trinajstić information content (AvgIpc) is 2.81. The van der Waals surface area contributed by atoms with Gasteiger partial charge in [-0.3, -0.25) is 4.90 Å². The summed E-state index contributed by atoms with van der Waals surface area (Å²) >= 11 is 7.13. The van der Waals surface area contributed by atoms with Gasteiger partial charge in [0.25, 0.3) is 0 Å². The number of rotatable bonds is 3. The SMILES string of the molecule is CN1CCN(S(=O)(=O)c2csc(CCl)c2)CC1(C)C. The van der Waals surface area contributed by atoms with Gasteiger partial charge >= 0.3 is 0 Å². The van der Waals surface area contributed by atoms with Gasteiger partial charge in [0.1, 0.15) is 0 Å². The van der Waals surface area contributed by atoms with Gasteiger partial charge in [0.05, 0.1) is 10.8 Å². The van der Waals surface area contributed by atoms with E-state index in [1.54, 1.807) is 15.8 Å². The molecule has 1 aliphatic heterocycles. The van der Waals surface area contributed by atoms with Crippen molar-refractivity contribution in [2.75, 3.05) is 26.7 Å². The lowest BCUT2D eigenvalue weighted by atomic mass is 10.0. The fourth-order valence-electron chi connectivity index (χ4n) is 2.12. The molecule has 1 aromatic rings. The maximum atomic E-state index is 12.6. The summed E-state index contributed by atoms with van der Waals surface area (Å²) in [5, 5.41) is 1.68. The van der Waals surface area contributed by atoms with Crippen LogP contribution < -0.4 is 0 Å². The van der Waals surface area contributed by atoms with E-state index in [-0.39, 0.29) is 5.54 Å². The molecule has 0 atom stereocenters. The van der Waals surface area contributed by atoms with Crippen molar-refractivity contribution in [1.29, 1.82) is 0 Å². The van der Waals surface area contributed by atoms with Gasteiger partial charge in [-0.1, -0.05) is 0 Å². The molecule has 0 amide bonds. The Hall–Kier alpha value is -0.140. The van der Waals surface area contributed by atoms with Gasteiger partial charge in [0.2, 0.25) is 10.0 Å². The van der Waals surface area contributed by atoms with Crippen LogP contribution in [0.1, 0.15) is 18.7 Å². The lowest BCUT2D eigenvalue weighted by molar-refractivity contribution is 0.0802. The first-order valence-corrected chi connectivity index (χ1v) is 8.97. The van der Waals surface area contributed by atoms with Crippen molar-refractivity contribution in [3.05, 3.63) is 16.3 Å². The Balaban J connectivity index is 2.25. The van der Waals surface area contributed by atoms with Gasteiger partial charge in [0, 0.05) is 35.4 Å². The maximum absolute atomic E-state index is 12.6. The van der Waals surface area contributed by atoms with Crippen molar-refractivity contribution in [3.63, 3.8) is 0 Å². The van der Waals surface area contributed by atoms with Gasteiger partial charge in [0.15, 0.2) is 0 Å². The molecule has 1 aromatic heterocycles. The van der Waals surface area contributed by atoms with Crippen molar-refractivity contribution in [1.82, 2.24) is 9.21 Å². The highest BCUT2D eigenvalue weighted by atomic mass is 35.5. The van der Waals surface area contributed by atoms with Gasteiger partial charge < -0.3 is 0 Å². The number of hydrogen-bond donors (Lipinski definition) is 0. The van der Waals surface area contributed by atoms with Crippen LogP contribution in [-0.2, 0) is 15.9 Å². The van der Waals surface area contributed by atoms with E-state index in [1.165, 1.54) is 11.3 Å². The fourth-order valence-corrected chi connectivity index (χ4v) is 5.08. The lowest BCUT2D eigenvalue weighted by Gasteiger charge is -2.44. The summed E-state index contributed by atoms with van der Waals surface area (Å²) < 4.78 is 26.7. The molecule has 0 spiro atoms. The zero-order chi connectivity index (χ0) is 14.3. The van der Waals surface area contributed by atoms with E-state index in [9.17, 15) is 8.42 Å². The van der Waals surface area contributed by atoms with Crippen LogP contribution in [-0.4, -0.2) is 49.8 Å². The smallest absolute Gasteiger partial charge is 0.244 e. The molecule has 0 radical (unpaired) electrons. The number of halogens is 1. The minimum absolute atomic E-state index is 0.142. The second-order valence-electron chi connectivity index (χ2n) is 5.45. The zero-order valence-corrected chi connectivity index (χ0v) is 13.8. The number of sulfonamides is 1. The summed E-state index contributed by atoms with van der Waals surface area (Å²) in [4.78, 5) is 3.44. The summed E-state index contributed by atoms with van der Waals surface area (Å²) in [6, 6.07) is 1.68. The van der Waals surface area contributed by atoms with Crippen LogP contribution in [0.2, 0.25) is 0 Å². The van der Waals surface area contributed by atoms with E-state index >= 15 is 0 Å². The van der Waals surface area contributed by atoms with Gasteiger partial charge in [-0.05, 0) is 27.0 Å². The Morgan fingerprint density at radius 3 is 2.63 bits per heavy atom. The Morgan fingerprint density at radius 1 is 1.42 bits per heavy atom. The molecule has 108 valence electrons. The standard InChI is InChI=1S/C12H19ClN2O2S2/c1-12(2)9-15(5-4-14(12)3)19(16,17)11-6-10(7-13)18-8-11/h6,8H,4-5,7,9H2,1-3H3. The molecule has 19 heavy (non-hydrogen) atoms. The minimum Gasteiger partial charge on any atom is -0.299 e. The number of alkyl halides is 1. The van der Waals surface area contributed by atoms with Gasteiger partial charge in [-0.25, -0.2) is 8.42 Å². The van der Waals surface area contributed by atoms with Crippen LogP contribution in [0.15, 0.2) is 16.3 Å². The topological polar surface area (TPSA) is 40.6 Å². The molecule has 1 fully saturated rings. The van der Waals surface area contributed by atoms with Crippen molar-refractivity contribution < 1.29 is 8.42 Å². The van der Waals surface area contributed by atoms with E-state index in [4.69, 9.17) is 11.6 Å². The summed E-state index contributed by atoms with van der Waals surface area (Å²) in [6.45, 7) is 5.92. The zero-order valence-electron chi connectivity index (χ0n) is 11.4. The van der Waals surface area contributed by atoms with Crippen molar-refractivity contribution in [3.8, 4) is 0 Å². The highest BCUT2D eigenvalue weighted by molar-refractivity contribution is 7.89. The Bertz CT molecular complexity index is 554. The molecule has 1 aliphatic rings. The van der Waals surface area contributed by atoms with Crippen molar-refractivity contribution >= 4 is 33.0 Å². The third-order valence-corrected chi connectivity index (χ3v) is 7.04. The van der Waals surface area contributed by atoms with Gasteiger partial charge in [-0.2, -0.15) is 4.31 Å². The number of hydrogen-bond acceptors (Lipinski definition) is 4. The molecule has 0 bridgehead atoms. The highest BCUT2D eigenvalue weighted by Crippen LogP contribution is 2.27. The molecule has 0 aliphatic carbocycles. The molecule has 4 nitrogen and oxygen atoms in total. The maximum Gasteiger partial charge on any atom is 0.244 e. The van der Waals surface area contributed by atoms with Crippen molar-refractivity contribution in [2.45, 2.75) is 30.2 Å². The number of likely N-dealkylation sites (N-methyl/N-ethyl adjacent to an activating group) is 1. The number of piperazine rings is 1. The van der Waals surface area contributed by atoms with Crippen LogP contribution in [0.25, 0.3) is 0 Å². The third-order valence-electron chi connectivity index (χ3n) is 3.68. The molecule has 7 heteroatoms. The monoisotopic (exact) mass is 322 g/mol. The molecule has 0 aromatic carbocycles. The minimum atomic E-state index is -3.39. The van der Waals surface area contributed by atoms with E-state index in [0.717, 1.165) is 11.4 Å². The molecule has 0 unspecified atom stereocenters. The first-order valence-electron chi connectivity index (χ1n) is 6.12. The largest absolute Gasteiger partial charge is 0.299 e. The second-order valence-corrected chi connectivity index (χ2v) is 8.66. The first-order chi connectivity index (χ1) is 8.77. The molecule has 2 rings (SSSR count). The fraction of sp³-hybridized carbons (Fsp3) is 0.667. The summed E-state index contributed by atoms with van der Waals surface area (Å²) in [7, 11) is -1.36. The summed E-state index contributed by atoms with van der Waals surface area (Å²) in [5.74, 6) is 0.356. The predicted molar refractivity (Wildman–Crippen MR) is 79.3 cm³/mol. The number of thiophene rings is 1. The average molecular weight is 323 g/mol. The Kier molecular flexibility index (Phi) is 4.28. The molecular weight excluding hydrogens is 304 g/mol. The van der Waals surface area contributed by atoms with Crippen LogP contribution in [0, 0.1) is 0 Å². The quantitative estimate of drug-likeness (QED) is 0.801. The lowest BCUT2D eigenvalue weighted by Crippen LogP contribution is -2.58. The molecule has 2 heterocycles. The van der Waals surface area contributed by atoms with Crippen LogP contribution in [0.5, 0.6) is 0 Å². The van der Waals surface area contributed by atoms with Crippen LogP contribution in [0.3, 0.4) is 0 Å². The highest BCUT2D eigenvalue weighted by Gasteiger charge is 2.37. The van der Waals surface area contributed by atoms with Gasteiger partial charge in [-0.15, -0.1) is 22.9 Å². The second kappa shape index (κ2) is 5.33. The molecule has 0 N–H and O–H groups in total. The van der Waals surface area contributed by atoms with E-state index in [0.29, 0.717) is 23.9 Å². The normalized spacial score (nSPS) is 21.7. The Morgan fingerprint density at radius 2 is 2.11 bits per heavy atom. The van der Waals surface area contributed by atoms with E-state index in [1.807, 2.05) is 7.05 Å². The first kappa shape index (κ1) is 15.3. The summed E-state index contributed by atoms with van der Waals surface area (Å²) in [6.07, 6.45) is 0. The summed E-state index contributed by atoms with van der Waals surface area (Å²) in [5.41, 5.74) is -0.142. The Labute approximate surface area is 124 Å².